The standard InChI is InChI=1S/C23H25N5O4S3/c1-13-8-14(2)10-28(9-13)35(31,32)20-15(3)33-21-19(20)22(30)27(12-24-21)11-18(29)26-23-25-16-6-4-5-7-17(16)34-23/h4-7,12-14H,8-11H2,1-3H3,(H,25,26,29)/t13-,14+. The minimum absolute atomic E-state index is 0.0113. The number of piperidine rings is 1. The molecule has 0 radical (unpaired) electrons. The zero-order valence-electron chi connectivity index (χ0n) is 19.5. The highest BCUT2D eigenvalue weighted by Crippen LogP contribution is 2.35. The number of hydrogen-bond donors (Lipinski definition) is 1. The normalized spacial score (nSPS) is 19.4. The van der Waals surface area contributed by atoms with Crippen LogP contribution in [0.2, 0.25) is 0 Å². The highest BCUT2D eigenvalue weighted by molar-refractivity contribution is 7.89. The van der Waals surface area contributed by atoms with Gasteiger partial charge in [0, 0.05) is 18.0 Å². The lowest BCUT2D eigenvalue weighted by atomic mass is 9.94. The predicted octanol–water partition coefficient (Wildman–Crippen LogP) is 3.68. The van der Waals surface area contributed by atoms with Crippen molar-refractivity contribution < 1.29 is 13.2 Å². The van der Waals surface area contributed by atoms with Gasteiger partial charge in [-0.25, -0.2) is 18.4 Å². The molecule has 12 heteroatoms. The van der Waals surface area contributed by atoms with E-state index in [0.717, 1.165) is 21.2 Å². The first-order valence-corrected chi connectivity index (χ1v) is 14.3. The molecule has 1 aliphatic rings. The number of aromatic nitrogens is 3. The van der Waals surface area contributed by atoms with Crippen molar-refractivity contribution in [3.63, 3.8) is 0 Å². The second kappa shape index (κ2) is 9.08. The predicted molar refractivity (Wildman–Crippen MR) is 139 cm³/mol. The lowest BCUT2D eigenvalue weighted by Crippen LogP contribution is -2.42. The number of thiazole rings is 1. The topological polar surface area (TPSA) is 114 Å². The van der Waals surface area contributed by atoms with E-state index in [9.17, 15) is 18.0 Å². The zero-order valence-corrected chi connectivity index (χ0v) is 22.0. The Labute approximate surface area is 210 Å². The first-order chi connectivity index (χ1) is 16.6. The average molecular weight is 532 g/mol. The molecule has 184 valence electrons. The van der Waals surface area contributed by atoms with Crippen LogP contribution in [0.4, 0.5) is 5.13 Å². The number of carbonyl (C=O) groups is 1. The summed E-state index contributed by atoms with van der Waals surface area (Å²) in [4.78, 5) is 35.7. The quantitative estimate of drug-likeness (QED) is 0.420. The van der Waals surface area contributed by atoms with Crippen molar-refractivity contribution in [2.45, 2.75) is 38.6 Å². The van der Waals surface area contributed by atoms with Crippen molar-refractivity contribution >= 4 is 64.2 Å². The van der Waals surface area contributed by atoms with Crippen LogP contribution in [0, 0.1) is 18.8 Å². The Hall–Kier alpha value is -2.67. The third-order valence-corrected chi connectivity index (χ3v) is 10.2. The Morgan fingerprint density at radius 1 is 1.17 bits per heavy atom. The highest BCUT2D eigenvalue weighted by Gasteiger charge is 2.35. The van der Waals surface area contributed by atoms with E-state index in [-0.39, 0.29) is 28.7 Å². The van der Waals surface area contributed by atoms with Gasteiger partial charge in [0.1, 0.15) is 16.3 Å². The number of hydrogen-bond acceptors (Lipinski definition) is 8. The maximum absolute atomic E-state index is 13.7. The minimum atomic E-state index is -3.89. The van der Waals surface area contributed by atoms with Gasteiger partial charge in [0.2, 0.25) is 15.9 Å². The van der Waals surface area contributed by atoms with Gasteiger partial charge in [-0.3, -0.25) is 14.2 Å². The number of benzene rings is 1. The van der Waals surface area contributed by atoms with Crippen LogP contribution >= 0.6 is 22.7 Å². The molecule has 1 N–H and O–H groups in total. The summed E-state index contributed by atoms with van der Waals surface area (Å²) in [6.45, 7) is 6.30. The minimum Gasteiger partial charge on any atom is -0.300 e. The molecule has 0 unspecified atom stereocenters. The number of nitrogens with zero attached hydrogens (tertiary/aromatic N) is 4. The van der Waals surface area contributed by atoms with Crippen LogP contribution in [-0.4, -0.2) is 46.3 Å². The molecule has 4 heterocycles. The number of carbonyl (C=O) groups excluding carboxylic acids is 1. The third-order valence-electron chi connectivity index (χ3n) is 6.09. The SMILES string of the molecule is Cc1sc2ncn(CC(=O)Nc3nc4ccccc4s3)c(=O)c2c1S(=O)(=O)N1C[C@H](C)C[C@H](C)C1. The summed E-state index contributed by atoms with van der Waals surface area (Å²) >= 11 is 2.52. The lowest BCUT2D eigenvalue weighted by molar-refractivity contribution is -0.116. The van der Waals surface area contributed by atoms with Gasteiger partial charge >= 0.3 is 0 Å². The number of anilines is 1. The first kappa shape index (κ1) is 24.0. The Morgan fingerprint density at radius 3 is 2.60 bits per heavy atom. The molecule has 2 atom stereocenters. The van der Waals surface area contributed by atoms with Crippen LogP contribution in [0.1, 0.15) is 25.1 Å². The van der Waals surface area contributed by atoms with Crippen molar-refractivity contribution in [1.29, 1.82) is 0 Å². The molecule has 0 aliphatic carbocycles. The van der Waals surface area contributed by atoms with Crippen LogP contribution in [0.15, 0.2) is 40.3 Å². The third kappa shape index (κ3) is 4.51. The number of rotatable bonds is 5. The Kier molecular flexibility index (Phi) is 6.24. The number of amides is 1. The molecule has 9 nitrogen and oxygen atoms in total. The summed E-state index contributed by atoms with van der Waals surface area (Å²) < 4.78 is 30.9. The summed E-state index contributed by atoms with van der Waals surface area (Å²) in [5.74, 6) is 0.0294. The molecule has 3 aromatic heterocycles. The molecule has 1 saturated heterocycles. The largest absolute Gasteiger partial charge is 0.300 e. The first-order valence-electron chi connectivity index (χ1n) is 11.3. The van der Waals surface area contributed by atoms with E-state index in [4.69, 9.17) is 0 Å². The molecular weight excluding hydrogens is 506 g/mol. The van der Waals surface area contributed by atoms with Crippen LogP contribution in [0.25, 0.3) is 20.4 Å². The maximum atomic E-state index is 13.7. The van der Waals surface area contributed by atoms with Gasteiger partial charge in [-0.2, -0.15) is 4.31 Å². The molecule has 1 aromatic carbocycles. The summed E-state index contributed by atoms with van der Waals surface area (Å²) in [5, 5.41) is 3.21. The summed E-state index contributed by atoms with van der Waals surface area (Å²) in [7, 11) is -3.89. The Bertz CT molecular complexity index is 1560. The lowest BCUT2D eigenvalue weighted by Gasteiger charge is -2.34. The summed E-state index contributed by atoms with van der Waals surface area (Å²) in [6, 6.07) is 7.53. The average Bonchev–Trinajstić information content (AvgIpc) is 3.35. The van der Waals surface area contributed by atoms with Gasteiger partial charge in [-0.15, -0.1) is 11.3 Å². The van der Waals surface area contributed by atoms with E-state index < -0.39 is 21.5 Å². The summed E-state index contributed by atoms with van der Waals surface area (Å²) in [5.41, 5.74) is 0.230. The van der Waals surface area contributed by atoms with Gasteiger partial charge < -0.3 is 5.32 Å². The number of para-hydroxylation sites is 1. The zero-order chi connectivity index (χ0) is 24.9. The van der Waals surface area contributed by atoms with E-state index in [1.165, 1.54) is 33.3 Å². The number of nitrogens with one attached hydrogen (secondary N) is 1. The number of fused-ring (bicyclic) bond motifs is 2. The molecule has 4 aromatic rings. The van der Waals surface area contributed by atoms with E-state index in [2.05, 4.69) is 15.3 Å². The number of sulfonamides is 1. The van der Waals surface area contributed by atoms with E-state index in [1.54, 1.807) is 6.92 Å². The van der Waals surface area contributed by atoms with Crippen LogP contribution in [0.3, 0.4) is 0 Å². The van der Waals surface area contributed by atoms with Crippen LogP contribution in [0.5, 0.6) is 0 Å². The van der Waals surface area contributed by atoms with E-state index >= 15 is 0 Å². The van der Waals surface area contributed by atoms with Crippen LogP contribution in [-0.2, 0) is 21.4 Å². The number of thiophene rings is 1. The summed E-state index contributed by atoms with van der Waals surface area (Å²) in [6.07, 6.45) is 2.26. The molecular formula is C23H25N5O4S3. The van der Waals surface area contributed by atoms with Crippen molar-refractivity contribution in [1.82, 2.24) is 18.8 Å². The molecule has 35 heavy (non-hydrogen) atoms. The molecule has 1 fully saturated rings. The Balaban J connectivity index is 1.47. The van der Waals surface area contributed by atoms with Crippen molar-refractivity contribution in [3.8, 4) is 0 Å². The van der Waals surface area contributed by atoms with Gasteiger partial charge in [0.05, 0.1) is 21.9 Å². The monoisotopic (exact) mass is 531 g/mol. The Morgan fingerprint density at radius 2 is 1.89 bits per heavy atom. The van der Waals surface area contributed by atoms with Crippen LogP contribution < -0.4 is 10.9 Å². The second-order valence-corrected chi connectivity index (χ2v) is 13.3. The van der Waals surface area contributed by atoms with E-state index in [1.807, 2.05) is 38.1 Å². The maximum Gasteiger partial charge on any atom is 0.263 e. The van der Waals surface area contributed by atoms with E-state index in [0.29, 0.717) is 27.9 Å². The fourth-order valence-electron chi connectivity index (χ4n) is 4.71. The van der Waals surface area contributed by atoms with Crippen molar-refractivity contribution in [2.24, 2.45) is 11.8 Å². The smallest absolute Gasteiger partial charge is 0.263 e. The highest BCUT2D eigenvalue weighted by atomic mass is 32.2. The fourth-order valence-corrected chi connectivity index (χ4v) is 8.94. The van der Waals surface area contributed by atoms with Crippen molar-refractivity contribution in [2.75, 3.05) is 18.4 Å². The van der Waals surface area contributed by atoms with Gasteiger partial charge in [0.25, 0.3) is 5.56 Å². The molecule has 0 saturated carbocycles. The van der Waals surface area contributed by atoms with Gasteiger partial charge in [0.15, 0.2) is 5.13 Å². The van der Waals surface area contributed by atoms with Crippen molar-refractivity contribution in [3.05, 3.63) is 45.8 Å². The molecule has 0 spiro atoms. The van der Waals surface area contributed by atoms with Gasteiger partial charge in [-0.05, 0) is 37.3 Å². The molecule has 0 bridgehead atoms. The molecule has 1 amide bonds. The fraction of sp³-hybridized carbons (Fsp3) is 0.391. The second-order valence-electron chi connectivity index (χ2n) is 9.15. The molecule has 5 rings (SSSR count). The van der Waals surface area contributed by atoms with Gasteiger partial charge in [-0.1, -0.05) is 37.3 Å². The molecule has 1 aliphatic heterocycles. The number of aryl methyl sites for hydroxylation is 1.